The Bertz CT molecular complexity index is 728. The predicted octanol–water partition coefficient (Wildman–Crippen LogP) is 6.92. The van der Waals surface area contributed by atoms with Gasteiger partial charge in [0.2, 0.25) is 5.91 Å². The summed E-state index contributed by atoms with van der Waals surface area (Å²) >= 11 is 0. The average Bonchev–Trinajstić information content (AvgIpc) is 2.93. The first-order chi connectivity index (χ1) is 19.3. The molecule has 2 unspecified atom stereocenters. The van der Waals surface area contributed by atoms with E-state index in [2.05, 4.69) is 36.5 Å². The van der Waals surface area contributed by atoms with Crippen molar-refractivity contribution in [2.45, 2.75) is 129 Å². The van der Waals surface area contributed by atoms with Gasteiger partial charge in [0.25, 0.3) is 0 Å². The van der Waals surface area contributed by atoms with Crippen LogP contribution in [0.3, 0.4) is 0 Å². The molecule has 0 aliphatic carbocycles. The monoisotopic (exact) mass is 589 g/mol. The van der Waals surface area contributed by atoms with Crippen molar-refractivity contribution in [1.82, 2.24) is 5.32 Å². The van der Waals surface area contributed by atoms with E-state index in [1.54, 1.807) is 0 Å². The van der Waals surface area contributed by atoms with Crippen molar-refractivity contribution in [3.05, 3.63) is 24.3 Å². The van der Waals surface area contributed by atoms with E-state index in [0.29, 0.717) is 12.8 Å². The van der Waals surface area contributed by atoms with Crippen molar-refractivity contribution < 1.29 is 37.9 Å². The minimum Gasteiger partial charge on any atom is -0.463 e. The van der Waals surface area contributed by atoms with Crippen molar-refractivity contribution in [2.75, 3.05) is 26.4 Å². The highest BCUT2D eigenvalue weighted by Gasteiger charge is 2.23. The molecule has 0 bridgehead atoms. The zero-order chi connectivity index (χ0) is 29.7. The Balaban J connectivity index is 3.59. The number of ether oxygens (including phenoxy) is 1. The number of nitrogens with one attached hydrogen (secondary N) is 1. The van der Waals surface area contributed by atoms with Gasteiger partial charge in [-0.2, -0.15) is 0 Å². The number of rotatable bonds is 28. The lowest BCUT2D eigenvalue weighted by Gasteiger charge is -2.15. The van der Waals surface area contributed by atoms with Crippen molar-refractivity contribution >= 4 is 19.7 Å². The van der Waals surface area contributed by atoms with E-state index in [1.165, 1.54) is 51.4 Å². The van der Waals surface area contributed by atoms with Crippen LogP contribution in [0.5, 0.6) is 0 Å². The van der Waals surface area contributed by atoms with Crippen LogP contribution in [0.2, 0.25) is 0 Å². The predicted molar refractivity (Wildman–Crippen MR) is 160 cm³/mol. The fourth-order valence-corrected chi connectivity index (χ4v) is 4.50. The average molecular weight is 590 g/mol. The number of amides is 1. The number of esters is 1. The van der Waals surface area contributed by atoms with Crippen LogP contribution in [0.1, 0.15) is 123 Å². The molecule has 2 atom stereocenters. The molecule has 0 aliphatic heterocycles. The normalized spacial score (nSPS) is 14.0. The molecule has 0 spiro atoms. The number of carbonyl (C=O) groups is 2. The highest BCUT2D eigenvalue weighted by molar-refractivity contribution is 7.47. The summed E-state index contributed by atoms with van der Waals surface area (Å²) in [6.45, 7) is 3.20. The molecule has 1 amide bonds. The molecule has 0 fully saturated rings. The van der Waals surface area contributed by atoms with Gasteiger partial charge in [0.1, 0.15) is 12.7 Å². The Labute approximate surface area is 242 Å². The third-order valence-corrected chi connectivity index (χ3v) is 7.12. The maximum absolute atomic E-state index is 11.9. The second kappa shape index (κ2) is 27.6. The molecule has 40 heavy (non-hydrogen) atoms. The van der Waals surface area contributed by atoms with Gasteiger partial charge >= 0.3 is 13.8 Å². The molecule has 234 valence electrons. The minimum atomic E-state index is -4.39. The number of aliphatic hydroxyl groups excluding tert-OH is 1. The van der Waals surface area contributed by atoms with Crippen molar-refractivity contribution in [1.29, 1.82) is 0 Å². The minimum absolute atomic E-state index is 0.0774. The molecular formula is C30H56NO8P. The second-order valence-corrected chi connectivity index (χ2v) is 11.5. The summed E-state index contributed by atoms with van der Waals surface area (Å²) in [6, 6.07) is 0. The largest absolute Gasteiger partial charge is 0.472 e. The lowest BCUT2D eigenvalue weighted by Crippen LogP contribution is -2.27. The zero-order valence-corrected chi connectivity index (χ0v) is 25.9. The third-order valence-electron chi connectivity index (χ3n) is 6.13. The van der Waals surface area contributed by atoms with Crippen LogP contribution < -0.4 is 5.32 Å². The van der Waals surface area contributed by atoms with Gasteiger partial charge in [-0.25, -0.2) is 4.57 Å². The molecule has 0 aliphatic rings. The van der Waals surface area contributed by atoms with Crippen molar-refractivity contribution in [3.63, 3.8) is 0 Å². The first-order valence-corrected chi connectivity index (χ1v) is 16.8. The maximum Gasteiger partial charge on any atom is 0.472 e. The van der Waals surface area contributed by atoms with Crippen LogP contribution in [-0.4, -0.2) is 54.3 Å². The van der Waals surface area contributed by atoms with Gasteiger partial charge in [-0.1, -0.05) is 89.5 Å². The number of carbonyl (C=O) groups excluding carboxylic acids is 2. The molecule has 0 heterocycles. The molecular weight excluding hydrogens is 533 g/mol. The van der Waals surface area contributed by atoms with Crippen LogP contribution in [0.25, 0.3) is 0 Å². The van der Waals surface area contributed by atoms with E-state index in [4.69, 9.17) is 13.8 Å². The number of hydrogen-bond acceptors (Lipinski definition) is 7. The lowest BCUT2D eigenvalue weighted by molar-refractivity contribution is -0.147. The van der Waals surface area contributed by atoms with E-state index >= 15 is 0 Å². The Kier molecular flexibility index (Phi) is 26.6. The zero-order valence-electron chi connectivity index (χ0n) is 25.0. The Morgan fingerprint density at radius 1 is 0.775 bits per heavy atom. The fraction of sp³-hybridized carbons (Fsp3) is 0.800. The summed E-state index contributed by atoms with van der Waals surface area (Å²) < 4.78 is 26.2. The Morgan fingerprint density at radius 3 is 2.02 bits per heavy atom. The number of hydrogen-bond donors (Lipinski definition) is 3. The molecule has 0 saturated carbocycles. The number of aliphatic hydroxyl groups is 1. The summed E-state index contributed by atoms with van der Waals surface area (Å²) in [5, 5.41) is 12.4. The molecule has 0 radical (unpaired) electrons. The molecule has 0 rings (SSSR count). The van der Waals surface area contributed by atoms with Gasteiger partial charge in [0.15, 0.2) is 0 Å². The standard InChI is InChI=1S/C30H56NO8P/c1-3-5-7-8-9-10-11-12-13-14-15-16-17-18-19-20-21-22-29(33)31-24-25-38-40(35,36)39-27-28(32)26-37-30(34)23-6-4-2/h9-10,12-13,28,32H,3-8,11,14-27H2,1-2H3,(H,31,33)(H,35,36)/b10-9-,13-12-. The van der Waals surface area contributed by atoms with Crippen molar-refractivity contribution in [3.8, 4) is 0 Å². The maximum atomic E-state index is 11.9. The van der Waals surface area contributed by atoms with Crippen LogP contribution in [0.15, 0.2) is 24.3 Å². The fourth-order valence-electron chi connectivity index (χ4n) is 3.74. The van der Waals surface area contributed by atoms with Gasteiger partial charge in [-0.15, -0.1) is 0 Å². The SMILES string of the molecule is CCCCC/C=C\C/C=C\CCCCCCCCCC(=O)NCCOP(=O)(O)OCC(O)COC(=O)CCCC. The Morgan fingerprint density at radius 2 is 1.38 bits per heavy atom. The highest BCUT2D eigenvalue weighted by Crippen LogP contribution is 2.42. The first kappa shape index (κ1) is 38.5. The molecule has 9 nitrogen and oxygen atoms in total. The van der Waals surface area contributed by atoms with Crippen molar-refractivity contribution in [2.24, 2.45) is 0 Å². The van der Waals surface area contributed by atoms with E-state index in [-0.39, 0.29) is 32.1 Å². The molecule has 0 saturated heterocycles. The van der Waals surface area contributed by atoms with Crippen LogP contribution >= 0.6 is 7.82 Å². The second-order valence-electron chi connectivity index (χ2n) is 10.1. The topological polar surface area (TPSA) is 131 Å². The van der Waals surface area contributed by atoms with Gasteiger partial charge in [0, 0.05) is 19.4 Å². The van der Waals surface area contributed by atoms with E-state index in [9.17, 15) is 24.2 Å². The van der Waals surface area contributed by atoms with E-state index in [0.717, 1.165) is 38.5 Å². The number of allylic oxidation sites excluding steroid dienone is 4. The van der Waals surface area contributed by atoms with Gasteiger partial charge in [-0.3, -0.25) is 18.6 Å². The van der Waals surface area contributed by atoms with E-state index < -0.39 is 26.5 Å². The van der Waals surface area contributed by atoms with Gasteiger partial charge in [0.05, 0.1) is 13.2 Å². The molecule has 0 aromatic rings. The number of unbranched alkanes of at least 4 members (excludes halogenated alkanes) is 11. The summed E-state index contributed by atoms with van der Waals surface area (Å²) in [4.78, 5) is 33.0. The highest BCUT2D eigenvalue weighted by atomic mass is 31.2. The van der Waals surface area contributed by atoms with Gasteiger partial charge in [-0.05, 0) is 44.9 Å². The summed E-state index contributed by atoms with van der Waals surface area (Å²) in [7, 11) is -4.39. The summed E-state index contributed by atoms with van der Waals surface area (Å²) in [5.74, 6) is -0.564. The lowest BCUT2D eigenvalue weighted by atomic mass is 10.1. The molecule has 0 aromatic carbocycles. The smallest absolute Gasteiger partial charge is 0.463 e. The number of phosphoric ester groups is 1. The van der Waals surface area contributed by atoms with Crippen LogP contribution in [0.4, 0.5) is 0 Å². The van der Waals surface area contributed by atoms with Crippen LogP contribution in [0, 0.1) is 0 Å². The van der Waals surface area contributed by atoms with Crippen LogP contribution in [-0.2, 0) is 27.9 Å². The summed E-state index contributed by atoms with van der Waals surface area (Å²) in [5.41, 5.74) is 0. The number of phosphoric acid groups is 1. The Hall–Kier alpha value is -1.51. The molecule has 0 aromatic heterocycles. The summed E-state index contributed by atoms with van der Waals surface area (Å²) in [6.07, 6.45) is 25.1. The van der Waals surface area contributed by atoms with Gasteiger partial charge < -0.3 is 20.1 Å². The first-order valence-electron chi connectivity index (χ1n) is 15.3. The molecule has 3 N–H and O–H groups in total. The molecule has 10 heteroatoms. The van der Waals surface area contributed by atoms with E-state index in [1.807, 2.05) is 6.92 Å². The third kappa shape index (κ3) is 28.0. The quantitative estimate of drug-likeness (QED) is 0.0388.